The highest BCUT2D eigenvalue weighted by atomic mass is 35.5. The summed E-state index contributed by atoms with van der Waals surface area (Å²) in [6, 6.07) is 2.87. The smallest absolute Gasteiger partial charge is 0.166 e. The molecule has 1 nitrogen and oxygen atoms in total. The van der Waals surface area contributed by atoms with Gasteiger partial charge in [-0.05, 0) is 23.6 Å². The number of carbonyl (C=O) groups excluding carboxylic acids is 1. The molecule has 3 heteroatoms. The van der Waals surface area contributed by atoms with Gasteiger partial charge in [0.25, 0.3) is 0 Å². The van der Waals surface area contributed by atoms with Crippen LogP contribution in [0.3, 0.4) is 0 Å². The van der Waals surface area contributed by atoms with E-state index in [1.165, 1.54) is 6.07 Å². The molecule has 0 fully saturated rings. The minimum Gasteiger partial charge on any atom is -0.294 e. The summed E-state index contributed by atoms with van der Waals surface area (Å²) < 4.78 is 13.3. The summed E-state index contributed by atoms with van der Waals surface area (Å²) in [7, 11) is 0. The van der Waals surface area contributed by atoms with E-state index in [1.807, 2.05) is 6.92 Å². The summed E-state index contributed by atoms with van der Waals surface area (Å²) in [6.07, 6.45) is 0.395. The zero-order valence-electron chi connectivity index (χ0n) is 7.10. The summed E-state index contributed by atoms with van der Waals surface area (Å²) in [5.41, 5.74) is 0.979. The van der Waals surface area contributed by atoms with Crippen LogP contribution in [-0.4, -0.2) is 5.78 Å². The molecule has 0 spiro atoms. The molecular weight excluding hydrogens is 191 g/mol. The van der Waals surface area contributed by atoms with E-state index < -0.39 is 5.82 Å². The van der Waals surface area contributed by atoms with Crippen LogP contribution in [0.15, 0.2) is 12.1 Å². The largest absolute Gasteiger partial charge is 0.294 e. The van der Waals surface area contributed by atoms with Crippen LogP contribution in [0.5, 0.6) is 0 Å². The van der Waals surface area contributed by atoms with Crippen molar-refractivity contribution in [2.45, 2.75) is 19.3 Å². The summed E-state index contributed by atoms with van der Waals surface area (Å²) in [4.78, 5) is 11.3. The van der Waals surface area contributed by atoms with E-state index in [-0.39, 0.29) is 17.3 Å². The third-order valence-electron chi connectivity index (χ3n) is 2.39. The van der Waals surface area contributed by atoms with Gasteiger partial charge in [-0.25, -0.2) is 4.39 Å². The lowest BCUT2D eigenvalue weighted by molar-refractivity contribution is 0.0987. The number of Topliss-reactive ketones (excluding diaryl/α,β-unsaturated/α-hetero) is 1. The Morgan fingerprint density at radius 2 is 2.23 bits per heavy atom. The molecule has 13 heavy (non-hydrogen) atoms. The van der Waals surface area contributed by atoms with Crippen LogP contribution in [-0.2, 0) is 0 Å². The molecule has 1 aliphatic carbocycles. The lowest BCUT2D eigenvalue weighted by atomic mass is 10.0. The molecule has 0 saturated heterocycles. The van der Waals surface area contributed by atoms with Gasteiger partial charge in [0.2, 0.25) is 0 Å². The van der Waals surface area contributed by atoms with Gasteiger partial charge < -0.3 is 0 Å². The van der Waals surface area contributed by atoms with E-state index in [2.05, 4.69) is 0 Å². The average Bonchev–Trinajstić information content (AvgIpc) is 2.27. The molecular formula is C10H8ClFO. The molecule has 1 aromatic rings. The monoisotopic (exact) mass is 198 g/mol. The summed E-state index contributed by atoms with van der Waals surface area (Å²) in [5, 5.41) is 0.359. The Labute approximate surface area is 80.5 Å². The van der Waals surface area contributed by atoms with Crippen molar-refractivity contribution in [2.75, 3.05) is 0 Å². The molecule has 1 aromatic carbocycles. The minimum absolute atomic E-state index is 0.0932. The van der Waals surface area contributed by atoms with E-state index in [9.17, 15) is 9.18 Å². The standard InChI is InChI=1S/C10H8ClFO/c1-5-2-9(13)10-7(5)3-6(11)4-8(10)12/h3-5H,2H2,1H3. The first-order valence-corrected chi connectivity index (χ1v) is 4.49. The first-order valence-electron chi connectivity index (χ1n) is 4.11. The molecule has 1 atom stereocenters. The van der Waals surface area contributed by atoms with Crippen LogP contribution in [0.4, 0.5) is 4.39 Å². The van der Waals surface area contributed by atoms with E-state index in [0.717, 1.165) is 5.56 Å². The SMILES string of the molecule is CC1CC(=O)c2c(F)cc(Cl)cc21. The van der Waals surface area contributed by atoms with E-state index in [0.29, 0.717) is 11.4 Å². The minimum atomic E-state index is -0.489. The number of carbonyl (C=O) groups is 1. The van der Waals surface area contributed by atoms with E-state index in [1.54, 1.807) is 6.07 Å². The van der Waals surface area contributed by atoms with Crippen LogP contribution in [0.1, 0.15) is 35.2 Å². The molecule has 0 heterocycles. The first kappa shape index (κ1) is 8.70. The molecule has 0 amide bonds. The van der Waals surface area contributed by atoms with Gasteiger partial charge in [-0.2, -0.15) is 0 Å². The number of ketones is 1. The fourth-order valence-electron chi connectivity index (χ4n) is 1.77. The third kappa shape index (κ3) is 1.25. The maximum Gasteiger partial charge on any atom is 0.166 e. The van der Waals surface area contributed by atoms with Gasteiger partial charge in [-0.15, -0.1) is 0 Å². The maximum absolute atomic E-state index is 13.3. The van der Waals surface area contributed by atoms with Gasteiger partial charge in [0.15, 0.2) is 5.78 Å². The van der Waals surface area contributed by atoms with Crippen molar-refractivity contribution < 1.29 is 9.18 Å². The molecule has 1 unspecified atom stereocenters. The molecule has 0 N–H and O–H groups in total. The van der Waals surface area contributed by atoms with Crippen molar-refractivity contribution in [1.82, 2.24) is 0 Å². The van der Waals surface area contributed by atoms with Crippen molar-refractivity contribution in [3.8, 4) is 0 Å². The Bertz CT molecular complexity index is 387. The Balaban J connectivity index is 2.69. The number of hydrogen-bond acceptors (Lipinski definition) is 1. The second-order valence-electron chi connectivity index (χ2n) is 3.38. The third-order valence-corrected chi connectivity index (χ3v) is 2.61. The predicted octanol–water partition coefficient (Wildman–Crippen LogP) is 3.17. The zero-order chi connectivity index (χ0) is 9.59. The average molecular weight is 199 g/mol. The van der Waals surface area contributed by atoms with Gasteiger partial charge in [0.1, 0.15) is 5.82 Å². The van der Waals surface area contributed by atoms with E-state index >= 15 is 0 Å². The fraction of sp³-hybridized carbons (Fsp3) is 0.300. The first-order chi connectivity index (χ1) is 6.09. The summed E-state index contributed by atoms with van der Waals surface area (Å²) in [5.74, 6) is -0.510. The highest BCUT2D eigenvalue weighted by Crippen LogP contribution is 2.35. The van der Waals surface area contributed by atoms with Crippen LogP contribution in [0.2, 0.25) is 5.02 Å². The Hall–Kier alpha value is -0.890. The van der Waals surface area contributed by atoms with Gasteiger partial charge in [-0.3, -0.25) is 4.79 Å². The van der Waals surface area contributed by atoms with Crippen molar-refractivity contribution in [3.05, 3.63) is 34.1 Å². The van der Waals surface area contributed by atoms with Crippen molar-refractivity contribution in [2.24, 2.45) is 0 Å². The van der Waals surface area contributed by atoms with Crippen LogP contribution >= 0.6 is 11.6 Å². The highest BCUT2D eigenvalue weighted by molar-refractivity contribution is 6.30. The molecule has 68 valence electrons. The lowest BCUT2D eigenvalue weighted by Gasteiger charge is -2.03. The van der Waals surface area contributed by atoms with Crippen LogP contribution in [0.25, 0.3) is 0 Å². The van der Waals surface area contributed by atoms with Gasteiger partial charge >= 0.3 is 0 Å². The topological polar surface area (TPSA) is 17.1 Å². The number of fused-ring (bicyclic) bond motifs is 1. The maximum atomic E-state index is 13.3. The Morgan fingerprint density at radius 3 is 2.92 bits per heavy atom. The van der Waals surface area contributed by atoms with Crippen LogP contribution in [0, 0.1) is 5.82 Å². The molecule has 0 saturated carbocycles. The second-order valence-corrected chi connectivity index (χ2v) is 3.82. The number of halogens is 2. The second kappa shape index (κ2) is 2.81. The van der Waals surface area contributed by atoms with Crippen molar-refractivity contribution >= 4 is 17.4 Å². The van der Waals surface area contributed by atoms with Gasteiger partial charge in [-0.1, -0.05) is 18.5 Å². The number of hydrogen-bond donors (Lipinski definition) is 0. The van der Waals surface area contributed by atoms with Gasteiger partial charge in [0, 0.05) is 11.4 Å². The van der Waals surface area contributed by atoms with Crippen molar-refractivity contribution in [1.29, 1.82) is 0 Å². The van der Waals surface area contributed by atoms with Crippen LogP contribution < -0.4 is 0 Å². The summed E-state index contributed by atoms with van der Waals surface area (Å²) >= 11 is 5.69. The molecule has 0 aliphatic heterocycles. The fourth-order valence-corrected chi connectivity index (χ4v) is 1.98. The molecule has 0 bridgehead atoms. The normalized spacial score (nSPS) is 20.5. The lowest BCUT2D eigenvalue weighted by Crippen LogP contribution is -1.95. The Morgan fingerprint density at radius 1 is 1.54 bits per heavy atom. The molecule has 0 aromatic heterocycles. The van der Waals surface area contributed by atoms with Gasteiger partial charge in [0.05, 0.1) is 5.56 Å². The molecule has 0 radical (unpaired) electrons. The zero-order valence-corrected chi connectivity index (χ0v) is 7.86. The predicted molar refractivity (Wildman–Crippen MR) is 48.8 cm³/mol. The summed E-state index contributed by atoms with van der Waals surface area (Å²) in [6.45, 7) is 1.90. The molecule has 1 aliphatic rings. The van der Waals surface area contributed by atoms with Crippen molar-refractivity contribution in [3.63, 3.8) is 0 Å². The highest BCUT2D eigenvalue weighted by Gasteiger charge is 2.29. The quantitative estimate of drug-likeness (QED) is 0.626. The number of benzene rings is 1. The molecule has 2 rings (SSSR count). The van der Waals surface area contributed by atoms with E-state index in [4.69, 9.17) is 11.6 Å². The number of rotatable bonds is 0. The Kier molecular flexibility index (Phi) is 1.88.